The van der Waals surface area contributed by atoms with Crippen LogP contribution in [0.3, 0.4) is 0 Å². The summed E-state index contributed by atoms with van der Waals surface area (Å²) in [5.41, 5.74) is 1.88. The smallest absolute Gasteiger partial charge is 0.268 e. The van der Waals surface area contributed by atoms with Crippen LogP contribution >= 0.6 is 0 Å². The number of rotatable bonds is 9. The lowest BCUT2D eigenvalue weighted by Crippen LogP contribution is -2.38. The number of pyridine rings is 1. The third-order valence-electron chi connectivity index (χ3n) is 6.11. The molecule has 4 rings (SSSR count). The largest absolute Gasteiger partial charge is 0.483 e. The van der Waals surface area contributed by atoms with Crippen LogP contribution in [0.4, 0.5) is 5.69 Å². The van der Waals surface area contributed by atoms with Crippen molar-refractivity contribution in [3.63, 3.8) is 0 Å². The van der Waals surface area contributed by atoms with Crippen molar-refractivity contribution in [2.45, 2.75) is 25.8 Å². The van der Waals surface area contributed by atoms with Crippen LogP contribution in [-0.2, 0) is 22.5 Å². The lowest BCUT2D eigenvalue weighted by atomic mass is 10.0. The number of carbonyl (C=O) groups excluding carboxylic acids is 2. The molecule has 3 aromatic rings. The Balaban J connectivity index is 1.55. The van der Waals surface area contributed by atoms with E-state index in [4.69, 9.17) is 9.47 Å². The first-order valence-corrected chi connectivity index (χ1v) is 11.8. The number of aromatic nitrogens is 1. The van der Waals surface area contributed by atoms with E-state index in [-0.39, 0.29) is 35.0 Å². The van der Waals surface area contributed by atoms with E-state index in [1.54, 1.807) is 36.3 Å². The maximum absolute atomic E-state index is 13.4. The van der Waals surface area contributed by atoms with Crippen molar-refractivity contribution in [1.82, 2.24) is 4.57 Å². The van der Waals surface area contributed by atoms with Crippen molar-refractivity contribution in [3.8, 4) is 11.8 Å². The highest BCUT2D eigenvalue weighted by Crippen LogP contribution is 2.27. The topological polar surface area (TPSA) is 102 Å². The molecular weight excluding hydrogens is 458 g/mol. The summed E-state index contributed by atoms with van der Waals surface area (Å²) in [5.74, 6) is -0.335. The predicted octanol–water partition coefficient (Wildman–Crippen LogP) is 3.35. The number of carbonyl (C=O) groups is 2. The van der Waals surface area contributed by atoms with E-state index in [1.807, 2.05) is 30.3 Å². The van der Waals surface area contributed by atoms with Gasteiger partial charge >= 0.3 is 0 Å². The molecule has 0 fully saturated rings. The van der Waals surface area contributed by atoms with Crippen molar-refractivity contribution in [2.75, 3.05) is 31.8 Å². The van der Waals surface area contributed by atoms with Gasteiger partial charge in [0.1, 0.15) is 17.4 Å². The number of benzene rings is 2. The molecule has 2 heterocycles. The van der Waals surface area contributed by atoms with Crippen LogP contribution in [0.25, 0.3) is 0 Å². The molecule has 8 heteroatoms. The van der Waals surface area contributed by atoms with E-state index in [0.29, 0.717) is 26.1 Å². The Morgan fingerprint density at radius 1 is 1.11 bits per heavy atom. The summed E-state index contributed by atoms with van der Waals surface area (Å²) in [6, 6.07) is 17.6. The number of nitriles is 1. The van der Waals surface area contributed by atoms with Crippen molar-refractivity contribution < 1.29 is 19.1 Å². The van der Waals surface area contributed by atoms with Gasteiger partial charge in [0.25, 0.3) is 11.5 Å². The minimum atomic E-state index is -0.456. The van der Waals surface area contributed by atoms with Crippen LogP contribution in [-0.4, -0.2) is 43.1 Å². The molecule has 0 spiro atoms. The Bertz CT molecular complexity index is 1370. The standard InChI is InChI=1S/C28H27N3O5/c1-35-15-7-13-30-18-22(16-21(17-29)28(30)34)27(33)23-10-3-5-12-25(23)36-19-26(32)31-14-6-9-20-8-2-4-11-24(20)31/h2-5,8,10-12,16,18H,6-7,9,13-15,19H2,1H3. The van der Waals surface area contributed by atoms with Gasteiger partial charge in [-0.2, -0.15) is 5.26 Å². The number of hydrogen-bond acceptors (Lipinski definition) is 6. The minimum absolute atomic E-state index is 0.115. The predicted molar refractivity (Wildman–Crippen MR) is 134 cm³/mol. The summed E-state index contributed by atoms with van der Waals surface area (Å²) < 4.78 is 12.2. The summed E-state index contributed by atoms with van der Waals surface area (Å²) >= 11 is 0. The van der Waals surface area contributed by atoms with E-state index in [9.17, 15) is 19.6 Å². The fraction of sp³-hybridized carbons (Fsp3) is 0.286. The lowest BCUT2D eigenvalue weighted by Gasteiger charge is -2.29. The molecular formula is C28H27N3O5. The third-order valence-corrected chi connectivity index (χ3v) is 6.11. The molecule has 1 aliphatic rings. The zero-order chi connectivity index (χ0) is 25.5. The molecule has 184 valence electrons. The zero-order valence-electron chi connectivity index (χ0n) is 20.1. The van der Waals surface area contributed by atoms with Crippen molar-refractivity contribution in [2.24, 2.45) is 0 Å². The van der Waals surface area contributed by atoms with Crippen molar-refractivity contribution in [1.29, 1.82) is 5.26 Å². The highest BCUT2D eigenvalue weighted by molar-refractivity contribution is 6.10. The molecule has 0 radical (unpaired) electrons. The summed E-state index contributed by atoms with van der Waals surface area (Å²) in [6.07, 6.45) is 3.81. The van der Waals surface area contributed by atoms with Gasteiger partial charge in [-0.1, -0.05) is 30.3 Å². The fourth-order valence-electron chi connectivity index (χ4n) is 4.33. The molecule has 2 aromatic carbocycles. The fourth-order valence-corrected chi connectivity index (χ4v) is 4.33. The Morgan fingerprint density at radius 2 is 1.89 bits per heavy atom. The quantitative estimate of drug-likeness (QED) is 0.340. The monoisotopic (exact) mass is 485 g/mol. The molecule has 0 unspecified atom stereocenters. The first-order chi connectivity index (χ1) is 17.5. The average molecular weight is 486 g/mol. The number of fused-ring (bicyclic) bond motifs is 1. The first-order valence-electron chi connectivity index (χ1n) is 11.8. The molecule has 0 saturated carbocycles. The number of anilines is 1. The van der Waals surface area contributed by atoms with Crippen LogP contribution in [0.2, 0.25) is 0 Å². The van der Waals surface area contributed by atoms with E-state index in [0.717, 1.165) is 24.1 Å². The molecule has 0 N–H and O–H groups in total. The average Bonchev–Trinajstić information content (AvgIpc) is 2.92. The first kappa shape index (κ1) is 24.9. The summed E-state index contributed by atoms with van der Waals surface area (Å²) in [5, 5.41) is 9.42. The van der Waals surface area contributed by atoms with Gasteiger partial charge in [0.2, 0.25) is 0 Å². The lowest BCUT2D eigenvalue weighted by molar-refractivity contribution is -0.120. The summed E-state index contributed by atoms with van der Waals surface area (Å²) in [7, 11) is 1.56. The van der Waals surface area contributed by atoms with E-state index in [2.05, 4.69) is 0 Å². The van der Waals surface area contributed by atoms with Crippen LogP contribution in [0.5, 0.6) is 5.75 Å². The summed E-state index contributed by atoms with van der Waals surface area (Å²) in [6.45, 7) is 1.14. The Labute approximate surface area is 209 Å². The zero-order valence-corrected chi connectivity index (χ0v) is 20.1. The molecule has 1 aromatic heterocycles. The molecule has 0 saturated heterocycles. The number of amides is 1. The maximum atomic E-state index is 13.4. The minimum Gasteiger partial charge on any atom is -0.483 e. The van der Waals surface area contributed by atoms with Gasteiger partial charge in [-0.25, -0.2) is 0 Å². The third kappa shape index (κ3) is 5.37. The normalized spacial score (nSPS) is 12.5. The van der Waals surface area contributed by atoms with Gasteiger partial charge in [0.15, 0.2) is 12.4 Å². The highest BCUT2D eigenvalue weighted by Gasteiger charge is 2.23. The Morgan fingerprint density at radius 3 is 2.69 bits per heavy atom. The molecule has 0 bridgehead atoms. The number of methoxy groups -OCH3 is 1. The van der Waals surface area contributed by atoms with Crippen LogP contribution in [0.15, 0.2) is 65.6 Å². The second kappa shape index (κ2) is 11.5. The molecule has 8 nitrogen and oxygen atoms in total. The Kier molecular flexibility index (Phi) is 7.93. The van der Waals surface area contributed by atoms with Gasteiger partial charge in [-0.05, 0) is 49.1 Å². The van der Waals surface area contributed by atoms with Gasteiger partial charge in [-0.3, -0.25) is 14.4 Å². The number of para-hydroxylation sites is 2. The molecule has 0 atom stereocenters. The van der Waals surface area contributed by atoms with E-state index in [1.165, 1.54) is 16.8 Å². The number of hydrogen-bond donors (Lipinski definition) is 0. The highest BCUT2D eigenvalue weighted by atomic mass is 16.5. The number of nitrogens with zero attached hydrogens (tertiary/aromatic N) is 3. The number of ketones is 1. The number of ether oxygens (including phenoxy) is 2. The van der Waals surface area contributed by atoms with Gasteiger partial charge in [0, 0.05) is 44.3 Å². The maximum Gasteiger partial charge on any atom is 0.268 e. The van der Waals surface area contributed by atoms with Crippen molar-refractivity contribution >= 4 is 17.4 Å². The molecule has 1 aliphatic heterocycles. The van der Waals surface area contributed by atoms with Gasteiger partial charge in [0.05, 0.1) is 5.56 Å². The van der Waals surface area contributed by atoms with Crippen LogP contribution < -0.4 is 15.2 Å². The van der Waals surface area contributed by atoms with E-state index >= 15 is 0 Å². The van der Waals surface area contributed by atoms with E-state index < -0.39 is 11.3 Å². The number of aryl methyl sites for hydroxylation is 2. The van der Waals surface area contributed by atoms with Gasteiger partial charge in [-0.15, -0.1) is 0 Å². The van der Waals surface area contributed by atoms with Gasteiger partial charge < -0.3 is 18.9 Å². The SMILES string of the molecule is COCCCn1cc(C(=O)c2ccccc2OCC(=O)N2CCCc3ccccc32)cc(C#N)c1=O. The summed E-state index contributed by atoms with van der Waals surface area (Å²) in [4.78, 5) is 40.7. The second-order valence-corrected chi connectivity index (χ2v) is 8.49. The molecule has 0 aliphatic carbocycles. The molecule has 36 heavy (non-hydrogen) atoms. The Hall–Kier alpha value is -4.22. The molecule has 1 amide bonds. The van der Waals surface area contributed by atoms with Crippen molar-refractivity contribution in [3.05, 3.63) is 93.4 Å². The van der Waals surface area contributed by atoms with Crippen LogP contribution in [0, 0.1) is 11.3 Å². The van der Waals surface area contributed by atoms with Crippen LogP contribution in [0.1, 0.15) is 39.9 Å². The second-order valence-electron chi connectivity index (χ2n) is 8.49.